The molecule has 34 heavy (non-hydrogen) atoms. The van der Waals surface area contributed by atoms with E-state index in [1.165, 1.54) is 6.20 Å². The summed E-state index contributed by atoms with van der Waals surface area (Å²) >= 11 is 3.32. The molecule has 8 nitrogen and oxygen atoms in total. The van der Waals surface area contributed by atoms with Crippen molar-refractivity contribution < 1.29 is 19.0 Å². The fourth-order valence-corrected chi connectivity index (χ4v) is 5.81. The standard InChI is InChI=1S/C23H19FIN3O5S/c24-18-19(29)14(33-22(18)28-10-13(25)20(30)27-23(28)32)9-26-21(31)17-11-5-1-3-7-15(11)34-16-8-4-2-6-12(16)17/h1-8,10,14,17-19,22,29H,9H2,(H,26,31)(H,27,30,32)/t14-,18-,19-,22-/m1/s1. The number of hydrogen-bond donors (Lipinski definition) is 3. The highest BCUT2D eigenvalue weighted by molar-refractivity contribution is 14.1. The highest BCUT2D eigenvalue weighted by Gasteiger charge is 2.46. The summed E-state index contributed by atoms with van der Waals surface area (Å²) < 4.78 is 21.6. The van der Waals surface area contributed by atoms with Crippen molar-refractivity contribution in [1.82, 2.24) is 14.9 Å². The first kappa shape index (κ1) is 23.3. The summed E-state index contributed by atoms with van der Waals surface area (Å²) in [7, 11) is 0. The monoisotopic (exact) mass is 595 g/mol. The van der Waals surface area contributed by atoms with Gasteiger partial charge in [0.1, 0.15) is 12.2 Å². The van der Waals surface area contributed by atoms with E-state index in [1.54, 1.807) is 34.4 Å². The number of alkyl halides is 1. The van der Waals surface area contributed by atoms with Crippen LogP contribution in [0.25, 0.3) is 0 Å². The highest BCUT2D eigenvalue weighted by Crippen LogP contribution is 2.45. The minimum absolute atomic E-state index is 0.153. The van der Waals surface area contributed by atoms with E-state index in [0.29, 0.717) is 0 Å². The van der Waals surface area contributed by atoms with Gasteiger partial charge in [-0.15, -0.1) is 0 Å². The first-order chi connectivity index (χ1) is 16.3. The molecule has 1 fully saturated rings. The van der Waals surface area contributed by atoms with Crippen molar-refractivity contribution in [2.24, 2.45) is 0 Å². The van der Waals surface area contributed by atoms with E-state index in [-0.39, 0.29) is 16.0 Å². The molecule has 3 heterocycles. The predicted molar refractivity (Wildman–Crippen MR) is 131 cm³/mol. The number of carbonyl (C=O) groups is 1. The molecule has 1 saturated heterocycles. The topological polar surface area (TPSA) is 113 Å². The number of halogens is 2. The summed E-state index contributed by atoms with van der Waals surface area (Å²) in [5.41, 5.74) is 0.299. The lowest BCUT2D eigenvalue weighted by atomic mass is 9.89. The summed E-state index contributed by atoms with van der Waals surface area (Å²) in [5.74, 6) is -0.863. The summed E-state index contributed by atoms with van der Waals surface area (Å²) in [6.45, 7) is -0.153. The quantitative estimate of drug-likeness (QED) is 0.399. The number of ether oxygens (including phenoxy) is 1. The summed E-state index contributed by atoms with van der Waals surface area (Å²) in [5, 5.41) is 13.2. The molecular formula is C23H19FIN3O5S. The third kappa shape index (κ3) is 4.10. The van der Waals surface area contributed by atoms with Gasteiger partial charge in [-0.05, 0) is 45.9 Å². The van der Waals surface area contributed by atoms with Crippen LogP contribution in [0.15, 0.2) is 74.1 Å². The van der Waals surface area contributed by atoms with E-state index < -0.39 is 41.8 Å². The maximum absolute atomic E-state index is 14.9. The van der Waals surface area contributed by atoms with E-state index in [9.17, 15) is 23.9 Å². The Morgan fingerprint density at radius 1 is 1.15 bits per heavy atom. The van der Waals surface area contributed by atoms with Crippen LogP contribution in [0, 0.1) is 3.57 Å². The number of hydrogen-bond acceptors (Lipinski definition) is 6. The lowest BCUT2D eigenvalue weighted by Crippen LogP contribution is -2.41. The molecule has 0 radical (unpaired) electrons. The van der Waals surface area contributed by atoms with Crippen LogP contribution >= 0.6 is 34.4 Å². The average Bonchev–Trinajstić information content (AvgIpc) is 3.11. The number of nitrogens with one attached hydrogen (secondary N) is 2. The van der Waals surface area contributed by atoms with Gasteiger partial charge >= 0.3 is 5.69 Å². The lowest BCUT2D eigenvalue weighted by Gasteiger charge is -2.27. The maximum Gasteiger partial charge on any atom is 0.330 e. The highest BCUT2D eigenvalue weighted by atomic mass is 127. The number of H-pyrrole nitrogens is 1. The van der Waals surface area contributed by atoms with E-state index >= 15 is 0 Å². The minimum atomic E-state index is -1.92. The molecule has 1 amide bonds. The van der Waals surface area contributed by atoms with E-state index in [0.717, 1.165) is 25.5 Å². The average molecular weight is 595 g/mol. The predicted octanol–water partition coefficient (Wildman–Crippen LogP) is 2.15. The normalized spacial score (nSPS) is 23.9. The SMILES string of the molecule is O=C(NC[C@H]1O[C@@H](n2cc(I)c(=O)[nH]c2=O)[C@H](F)[C@@H]1O)C1c2ccccc2Sc2ccccc21. The number of rotatable bonds is 4. The van der Waals surface area contributed by atoms with Gasteiger partial charge in [0.05, 0.1) is 9.49 Å². The molecule has 0 unspecified atom stereocenters. The lowest BCUT2D eigenvalue weighted by molar-refractivity contribution is -0.122. The first-order valence-corrected chi connectivity index (χ1v) is 12.4. The molecule has 3 N–H and O–H groups in total. The molecule has 176 valence electrons. The zero-order valence-corrected chi connectivity index (χ0v) is 20.5. The third-order valence-electron chi connectivity index (χ3n) is 5.91. The number of aromatic nitrogens is 2. The van der Waals surface area contributed by atoms with Gasteiger partial charge in [-0.2, -0.15) is 0 Å². The number of aliphatic hydroxyl groups excluding tert-OH is 1. The summed E-state index contributed by atoms with van der Waals surface area (Å²) in [6, 6.07) is 15.3. The number of aliphatic hydroxyl groups is 1. The van der Waals surface area contributed by atoms with Crippen LogP contribution in [-0.4, -0.2) is 45.5 Å². The molecule has 1 aromatic heterocycles. The Balaban J connectivity index is 1.35. The number of fused-ring (bicyclic) bond motifs is 2. The fraction of sp³-hybridized carbons (Fsp3) is 0.261. The van der Waals surface area contributed by atoms with E-state index in [4.69, 9.17) is 4.74 Å². The molecule has 5 rings (SSSR count). The van der Waals surface area contributed by atoms with E-state index in [1.807, 2.05) is 48.5 Å². The van der Waals surface area contributed by atoms with Crippen LogP contribution in [-0.2, 0) is 9.53 Å². The molecule has 4 atom stereocenters. The zero-order chi connectivity index (χ0) is 24.0. The Morgan fingerprint density at radius 3 is 2.41 bits per heavy atom. The van der Waals surface area contributed by atoms with Crippen molar-refractivity contribution in [2.45, 2.75) is 40.3 Å². The molecule has 0 spiro atoms. The zero-order valence-electron chi connectivity index (χ0n) is 17.5. The van der Waals surface area contributed by atoms with Gasteiger partial charge in [0.2, 0.25) is 5.91 Å². The fourth-order valence-electron chi connectivity index (χ4n) is 4.24. The second-order valence-corrected chi connectivity index (χ2v) is 10.2. The molecule has 2 aromatic carbocycles. The Morgan fingerprint density at radius 2 is 1.76 bits per heavy atom. The maximum atomic E-state index is 14.9. The molecular weight excluding hydrogens is 576 g/mol. The molecule has 0 bridgehead atoms. The van der Waals surface area contributed by atoms with Crippen LogP contribution in [0.1, 0.15) is 23.3 Å². The van der Waals surface area contributed by atoms with Crippen molar-refractivity contribution >= 4 is 40.3 Å². The summed E-state index contributed by atoms with van der Waals surface area (Å²) in [6.07, 6.45) is -4.82. The van der Waals surface area contributed by atoms with Gasteiger partial charge in [0, 0.05) is 22.5 Å². The first-order valence-electron chi connectivity index (χ1n) is 10.5. The molecule has 0 saturated carbocycles. The van der Waals surface area contributed by atoms with Crippen LogP contribution in [0.5, 0.6) is 0 Å². The van der Waals surface area contributed by atoms with Crippen LogP contribution in [0.2, 0.25) is 0 Å². The van der Waals surface area contributed by atoms with Gasteiger partial charge in [0.25, 0.3) is 5.56 Å². The number of nitrogens with zero attached hydrogens (tertiary/aromatic N) is 1. The number of amides is 1. The number of benzene rings is 2. The van der Waals surface area contributed by atoms with Crippen molar-refractivity contribution in [1.29, 1.82) is 0 Å². The Bertz CT molecular complexity index is 1330. The molecule has 3 aromatic rings. The smallest absolute Gasteiger partial charge is 0.330 e. The second kappa shape index (κ2) is 9.29. The Hall–Kier alpha value is -2.48. The van der Waals surface area contributed by atoms with Gasteiger partial charge in [-0.25, -0.2) is 9.18 Å². The van der Waals surface area contributed by atoms with Gasteiger partial charge in [-0.3, -0.25) is 19.1 Å². The Labute approximate surface area is 210 Å². The molecule has 0 aliphatic carbocycles. The number of aromatic amines is 1. The summed E-state index contributed by atoms with van der Waals surface area (Å²) in [4.78, 5) is 41.1. The van der Waals surface area contributed by atoms with Crippen LogP contribution in [0.4, 0.5) is 4.39 Å². The van der Waals surface area contributed by atoms with Crippen molar-refractivity contribution in [3.05, 3.63) is 90.3 Å². The minimum Gasteiger partial charge on any atom is -0.387 e. The van der Waals surface area contributed by atoms with Crippen molar-refractivity contribution in [3.63, 3.8) is 0 Å². The van der Waals surface area contributed by atoms with Gasteiger partial charge < -0.3 is 15.2 Å². The second-order valence-electron chi connectivity index (χ2n) is 8.00. The van der Waals surface area contributed by atoms with Gasteiger partial charge in [0.15, 0.2) is 12.4 Å². The third-order valence-corrected chi connectivity index (χ3v) is 7.86. The van der Waals surface area contributed by atoms with Crippen LogP contribution in [0.3, 0.4) is 0 Å². The molecule has 2 aliphatic heterocycles. The molecule has 11 heteroatoms. The van der Waals surface area contributed by atoms with Gasteiger partial charge in [-0.1, -0.05) is 48.2 Å². The van der Waals surface area contributed by atoms with Crippen molar-refractivity contribution in [3.8, 4) is 0 Å². The van der Waals surface area contributed by atoms with E-state index in [2.05, 4.69) is 10.3 Å². The van der Waals surface area contributed by atoms with Crippen molar-refractivity contribution in [2.75, 3.05) is 6.54 Å². The number of carbonyl (C=O) groups excluding carboxylic acids is 1. The molecule has 2 aliphatic rings. The van der Waals surface area contributed by atoms with Crippen LogP contribution < -0.4 is 16.6 Å². The largest absolute Gasteiger partial charge is 0.387 e. The Kier molecular flexibility index (Phi) is 6.35.